The van der Waals surface area contributed by atoms with Crippen LogP contribution in [0.1, 0.15) is 24.8 Å². The predicted octanol–water partition coefficient (Wildman–Crippen LogP) is 2.55. The second-order valence-corrected chi connectivity index (χ2v) is 9.01. The minimum absolute atomic E-state index is 0.00769. The smallest absolute Gasteiger partial charge is 0.410 e. The number of carbonyl (C=O) groups is 3. The molecule has 3 atom stereocenters. The van der Waals surface area contributed by atoms with Crippen LogP contribution in [0.5, 0.6) is 0 Å². The topological polar surface area (TPSA) is 113 Å². The molecule has 2 aromatic carbocycles. The van der Waals surface area contributed by atoms with Crippen LogP contribution in [0.3, 0.4) is 0 Å². The number of nitrogens with zero attached hydrogens (tertiary/aromatic N) is 1. The van der Waals surface area contributed by atoms with Crippen molar-refractivity contribution >= 4 is 28.8 Å². The van der Waals surface area contributed by atoms with Gasteiger partial charge in [0.2, 0.25) is 5.91 Å². The van der Waals surface area contributed by atoms with Gasteiger partial charge in [0.25, 0.3) is 0 Å². The molecule has 1 fully saturated rings. The molecule has 9 heteroatoms. The molecular weight excluding hydrogens is 432 g/mol. The summed E-state index contributed by atoms with van der Waals surface area (Å²) in [6, 6.07) is 16.0. The van der Waals surface area contributed by atoms with Crippen molar-refractivity contribution in [3.8, 4) is 0 Å². The molecule has 3 rings (SSSR count). The number of hydrogen-bond acceptors (Lipinski definition) is 5. The second-order valence-electron chi connectivity index (χ2n) is 7.44. The number of likely N-dealkylation sites (tertiary alicyclic amines) is 1. The van der Waals surface area contributed by atoms with E-state index in [2.05, 4.69) is 5.32 Å². The first-order chi connectivity index (χ1) is 15.5. The average Bonchev–Trinajstić information content (AvgIpc) is 3.31. The zero-order valence-electron chi connectivity index (χ0n) is 17.5. The van der Waals surface area contributed by atoms with Crippen molar-refractivity contribution < 1.29 is 28.4 Å². The molecule has 2 N–H and O–H groups in total. The molecule has 0 aromatic heterocycles. The summed E-state index contributed by atoms with van der Waals surface area (Å²) in [4.78, 5) is 38.8. The number of nitrogens with one attached hydrogen (secondary N) is 1. The van der Waals surface area contributed by atoms with Gasteiger partial charge in [-0.15, -0.1) is 0 Å². The number of carbonyl (C=O) groups excluding carboxylic acids is 2. The number of amides is 2. The fourth-order valence-electron chi connectivity index (χ4n) is 3.50. The maximum absolute atomic E-state index is 12.8. The molecule has 0 aliphatic carbocycles. The van der Waals surface area contributed by atoms with E-state index >= 15 is 0 Å². The third-order valence-electron chi connectivity index (χ3n) is 5.21. The lowest BCUT2D eigenvalue weighted by Crippen LogP contribution is -2.51. The number of ether oxygens (including phenoxy) is 1. The van der Waals surface area contributed by atoms with Gasteiger partial charge < -0.3 is 15.2 Å². The molecule has 0 radical (unpaired) electrons. The van der Waals surface area contributed by atoms with Gasteiger partial charge in [-0.1, -0.05) is 48.5 Å². The molecule has 8 nitrogen and oxygen atoms in total. The molecule has 32 heavy (non-hydrogen) atoms. The summed E-state index contributed by atoms with van der Waals surface area (Å²) in [5.74, 6) is -1.66. The van der Waals surface area contributed by atoms with Gasteiger partial charge in [0.05, 0.1) is 10.8 Å². The molecule has 1 heterocycles. The first kappa shape index (κ1) is 23.5. The van der Waals surface area contributed by atoms with Crippen molar-refractivity contribution in [3.05, 3.63) is 66.2 Å². The summed E-state index contributed by atoms with van der Waals surface area (Å²) in [7, 11) is -1.37. The summed E-state index contributed by atoms with van der Waals surface area (Å²) in [6.07, 6.45) is 0.444. The van der Waals surface area contributed by atoms with Crippen LogP contribution in [0.4, 0.5) is 4.79 Å². The second kappa shape index (κ2) is 11.4. The summed E-state index contributed by atoms with van der Waals surface area (Å²) in [6.45, 7) is 0.453. The Bertz CT molecular complexity index is 953. The fourth-order valence-corrected chi connectivity index (χ4v) is 4.65. The number of benzene rings is 2. The van der Waals surface area contributed by atoms with Gasteiger partial charge in [-0.3, -0.25) is 13.9 Å². The molecule has 0 saturated carbocycles. The maximum atomic E-state index is 12.8. The average molecular weight is 459 g/mol. The van der Waals surface area contributed by atoms with Gasteiger partial charge >= 0.3 is 12.1 Å². The van der Waals surface area contributed by atoms with Crippen molar-refractivity contribution in [2.24, 2.45) is 0 Å². The molecule has 1 aliphatic heterocycles. The van der Waals surface area contributed by atoms with Crippen LogP contribution in [0.15, 0.2) is 65.6 Å². The van der Waals surface area contributed by atoms with Crippen molar-refractivity contribution in [3.63, 3.8) is 0 Å². The fraction of sp³-hybridized carbons (Fsp3) is 0.348. The summed E-state index contributed by atoms with van der Waals surface area (Å²) in [5.41, 5.74) is 0.832. The number of hydrogen-bond donors (Lipinski definition) is 2. The molecule has 0 spiro atoms. The maximum Gasteiger partial charge on any atom is 0.410 e. The molecule has 1 saturated heterocycles. The van der Waals surface area contributed by atoms with Crippen LogP contribution in [0, 0.1) is 0 Å². The Hall–Kier alpha value is -3.20. The minimum Gasteiger partial charge on any atom is -0.480 e. The van der Waals surface area contributed by atoms with Gasteiger partial charge in [0, 0.05) is 17.2 Å². The van der Waals surface area contributed by atoms with Gasteiger partial charge in [-0.25, -0.2) is 9.59 Å². The summed E-state index contributed by atoms with van der Waals surface area (Å²) < 4.78 is 17.7. The molecule has 2 amide bonds. The molecule has 2 aromatic rings. The SMILES string of the molecule is O=C(N[C@H](CC[S@@](=O)c1ccccc1)C(=O)O)[C@H]1CCCN1C(=O)OCc1ccccc1. The van der Waals surface area contributed by atoms with Crippen LogP contribution in [-0.4, -0.2) is 56.6 Å². The number of aliphatic carboxylic acids is 1. The van der Waals surface area contributed by atoms with E-state index in [9.17, 15) is 23.7 Å². The Balaban J connectivity index is 1.54. The largest absolute Gasteiger partial charge is 0.480 e. The lowest BCUT2D eigenvalue weighted by Gasteiger charge is -2.25. The quantitative estimate of drug-likeness (QED) is 0.597. The predicted molar refractivity (Wildman–Crippen MR) is 118 cm³/mol. The van der Waals surface area contributed by atoms with Crippen molar-refractivity contribution in [1.82, 2.24) is 10.2 Å². The zero-order valence-corrected chi connectivity index (χ0v) is 18.3. The summed E-state index contributed by atoms with van der Waals surface area (Å²) in [5, 5.41) is 12.0. The van der Waals surface area contributed by atoms with E-state index < -0.39 is 40.9 Å². The normalized spacial score (nSPS) is 17.4. The van der Waals surface area contributed by atoms with Gasteiger partial charge in [0.15, 0.2) is 0 Å². The highest BCUT2D eigenvalue weighted by molar-refractivity contribution is 7.85. The third-order valence-corrected chi connectivity index (χ3v) is 6.61. The van der Waals surface area contributed by atoms with Gasteiger partial charge in [-0.2, -0.15) is 0 Å². The monoisotopic (exact) mass is 458 g/mol. The Morgan fingerprint density at radius 1 is 1.09 bits per heavy atom. The van der Waals surface area contributed by atoms with Gasteiger partial charge in [0.1, 0.15) is 18.7 Å². The van der Waals surface area contributed by atoms with Crippen LogP contribution < -0.4 is 5.32 Å². The highest BCUT2D eigenvalue weighted by Crippen LogP contribution is 2.19. The Morgan fingerprint density at radius 3 is 2.41 bits per heavy atom. The van der Waals surface area contributed by atoms with Crippen molar-refractivity contribution in [1.29, 1.82) is 0 Å². The van der Waals surface area contributed by atoms with E-state index in [1.807, 2.05) is 30.3 Å². The van der Waals surface area contributed by atoms with E-state index in [0.717, 1.165) is 5.56 Å². The van der Waals surface area contributed by atoms with Crippen LogP contribution in [0.2, 0.25) is 0 Å². The highest BCUT2D eigenvalue weighted by atomic mass is 32.2. The number of carboxylic acids is 1. The van der Waals surface area contributed by atoms with Crippen molar-refractivity contribution in [2.75, 3.05) is 12.3 Å². The lowest BCUT2D eigenvalue weighted by molar-refractivity contribution is -0.142. The number of carboxylic acid groups (broad SMARTS) is 1. The van der Waals surface area contributed by atoms with Crippen LogP contribution in [-0.2, 0) is 31.7 Å². The van der Waals surface area contributed by atoms with Gasteiger partial charge in [-0.05, 0) is 37.0 Å². The number of rotatable bonds is 9. The van der Waals surface area contributed by atoms with Crippen LogP contribution in [0.25, 0.3) is 0 Å². The van der Waals surface area contributed by atoms with E-state index in [1.165, 1.54) is 4.90 Å². The molecular formula is C23H26N2O6S. The molecule has 0 bridgehead atoms. The Labute approximate surface area is 189 Å². The molecule has 0 unspecified atom stereocenters. The lowest BCUT2D eigenvalue weighted by atomic mass is 10.1. The van der Waals surface area contributed by atoms with E-state index in [4.69, 9.17) is 4.74 Å². The highest BCUT2D eigenvalue weighted by Gasteiger charge is 2.36. The first-order valence-electron chi connectivity index (χ1n) is 10.4. The Morgan fingerprint density at radius 2 is 1.75 bits per heavy atom. The molecule has 1 aliphatic rings. The van der Waals surface area contributed by atoms with Crippen molar-refractivity contribution in [2.45, 2.75) is 42.8 Å². The van der Waals surface area contributed by atoms with Crippen LogP contribution >= 0.6 is 0 Å². The summed E-state index contributed by atoms with van der Waals surface area (Å²) >= 11 is 0. The first-order valence-corrected chi connectivity index (χ1v) is 11.7. The molecule has 170 valence electrons. The zero-order chi connectivity index (χ0) is 22.9. The van der Waals surface area contributed by atoms with E-state index in [1.54, 1.807) is 30.3 Å². The third kappa shape index (κ3) is 6.40. The minimum atomic E-state index is -1.37. The van der Waals surface area contributed by atoms with E-state index in [-0.39, 0.29) is 18.8 Å². The Kier molecular flexibility index (Phi) is 8.38. The standard InChI is InChI=1S/C23H26N2O6S/c26-21(24-19(22(27)28)13-15-32(30)18-10-5-2-6-11-18)20-12-7-14-25(20)23(29)31-16-17-8-3-1-4-9-17/h1-6,8-11,19-20H,7,12-16H2,(H,24,26)(H,27,28)/t19-,20-,32-/m1/s1. The van der Waals surface area contributed by atoms with E-state index in [0.29, 0.717) is 24.3 Å².